The number of carbonyl (C=O) groups excluding carboxylic acids is 3. The summed E-state index contributed by atoms with van der Waals surface area (Å²) in [5.41, 5.74) is 0. The van der Waals surface area contributed by atoms with Gasteiger partial charge in [0, 0.05) is 24.4 Å². The molecule has 1 N–H and O–H groups in total. The molecule has 26 heavy (non-hydrogen) atoms. The van der Waals surface area contributed by atoms with Crippen molar-refractivity contribution in [2.45, 2.75) is 38.1 Å². The number of hydrogen-bond acceptors (Lipinski definition) is 5. The van der Waals surface area contributed by atoms with Gasteiger partial charge in [-0.05, 0) is 38.4 Å². The fourth-order valence-electron chi connectivity index (χ4n) is 3.98. The van der Waals surface area contributed by atoms with Crippen LogP contribution < -0.4 is 5.32 Å². The Morgan fingerprint density at radius 3 is 2.46 bits per heavy atom. The van der Waals surface area contributed by atoms with Crippen LogP contribution in [0.2, 0.25) is 0 Å². The summed E-state index contributed by atoms with van der Waals surface area (Å²) in [6.07, 6.45) is 3.82. The third-order valence-corrected chi connectivity index (χ3v) is 6.46. The summed E-state index contributed by atoms with van der Waals surface area (Å²) < 4.78 is 0. The van der Waals surface area contributed by atoms with Gasteiger partial charge in [0.25, 0.3) is 0 Å². The second-order valence-corrected chi connectivity index (χ2v) is 8.35. The van der Waals surface area contributed by atoms with Gasteiger partial charge in [-0.1, -0.05) is 18.9 Å². The van der Waals surface area contributed by atoms with Crippen LogP contribution in [0.1, 0.15) is 43.0 Å². The Labute approximate surface area is 158 Å². The maximum atomic E-state index is 12.4. The molecule has 1 aliphatic carbocycles. The Morgan fingerprint density at radius 2 is 1.92 bits per heavy atom. The van der Waals surface area contributed by atoms with Gasteiger partial charge in [0.2, 0.25) is 17.7 Å². The Morgan fingerprint density at radius 1 is 1.27 bits per heavy atom. The first-order valence-electron chi connectivity index (χ1n) is 9.30. The predicted molar refractivity (Wildman–Crippen MR) is 101 cm³/mol. The van der Waals surface area contributed by atoms with Crippen molar-refractivity contribution in [3.05, 3.63) is 22.4 Å². The molecule has 7 heteroatoms. The number of rotatable bonds is 7. The number of amides is 3. The van der Waals surface area contributed by atoms with E-state index in [0.29, 0.717) is 6.54 Å². The molecule has 1 saturated heterocycles. The van der Waals surface area contributed by atoms with E-state index in [2.05, 4.69) is 16.3 Å². The molecule has 0 unspecified atom stereocenters. The van der Waals surface area contributed by atoms with Crippen LogP contribution in [-0.4, -0.2) is 54.7 Å². The molecule has 0 radical (unpaired) electrons. The molecule has 3 amide bonds. The number of likely N-dealkylation sites (tertiary alicyclic amines) is 1. The third kappa shape index (κ3) is 3.99. The van der Waals surface area contributed by atoms with E-state index in [1.54, 1.807) is 11.3 Å². The van der Waals surface area contributed by atoms with E-state index in [0.717, 1.165) is 25.7 Å². The zero-order valence-electron chi connectivity index (χ0n) is 15.4. The number of nitrogens with zero attached hydrogens (tertiary/aromatic N) is 2. The summed E-state index contributed by atoms with van der Waals surface area (Å²) in [4.78, 5) is 41.7. The SMILES string of the molecule is CN(C)[C@@H](CNC(=O)CCN1C(=O)[C@H]2CCCC[C@@H]2C1=O)c1cccs1. The van der Waals surface area contributed by atoms with Crippen LogP contribution in [0, 0.1) is 11.8 Å². The quantitative estimate of drug-likeness (QED) is 0.738. The van der Waals surface area contributed by atoms with Crippen molar-refractivity contribution in [2.75, 3.05) is 27.2 Å². The molecule has 1 aromatic rings. The van der Waals surface area contributed by atoms with Gasteiger partial charge < -0.3 is 10.2 Å². The lowest BCUT2D eigenvalue weighted by Crippen LogP contribution is -2.38. The summed E-state index contributed by atoms with van der Waals surface area (Å²) >= 11 is 1.67. The number of nitrogens with one attached hydrogen (secondary N) is 1. The molecule has 0 spiro atoms. The van der Waals surface area contributed by atoms with Crippen LogP contribution in [0.3, 0.4) is 0 Å². The van der Waals surface area contributed by atoms with E-state index in [1.165, 1.54) is 9.78 Å². The molecular weight excluding hydrogens is 350 g/mol. The highest BCUT2D eigenvalue weighted by Crippen LogP contribution is 2.37. The molecule has 1 aromatic heterocycles. The van der Waals surface area contributed by atoms with E-state index >= 15 is 0 Å². The molecule has 6 nitrogen and oxygen atoms in total. The first-order valence-corrected chi connectivity index (χ1v) is 10.2. The van der Waals surface area contributed by atoms with Crippen molar-refractivity contribution in [1.29, 1.82) is 0 Å². The van der Waals surface area contributed by atoms with Crippen molar-refractivity contribution in [3.63, 3.8) is 0 Å². The summed E-state index contributed by atoms with van der Waals surface area (Å²) in [6.45, 7) is 0.710. The average molecular weight is 378 g/mol. The summed E-state index contributed by atoms with van der Waals surface area (Å²) in [6, 6.07) is 4.18. The lowest BCUT2D eigenvalue weighted by molar-refractivity contribution is -0.140. The van der Waals surface area contributed by atoms with Gasteiger partial charge in [-0.2, -0.15) is 0 Å². The number of hydrogen-bond donors (Lipinski definition) is 1. The molecule has 2 heterocycles. The van der Waals surface area contributed by atoms with E-state index in [-0.39, 0.29) is 48.6 Å². The van der Waals surface area contributed by atoms with Crippen molar-refractivity contribution < 1.29 is 14.4 Å². The summed E-state index contributed by atoms with van der Waals surface area (Å²) in [5.74, 6) is -0.550. The number of fused-ring (bicyclic) bond motifs is 1. The normalized spacial score (nSPS) is 24.0. The second kappa shape index (κ2) is 8.31. The van der Waals surface area contributed by atoms with Crippen LogP contribution in [0.15, 0.2) is 17.5 Å². The zero-order valence-corrected chi connectivity index (χ0v) is 16.3. The molecule has 3 atom stereocenters. The minimum absolute atomic E-state index is 0.0720. The minimum Gasteiger partial charge on any atom is -0.354 e. The number of thiophene rings is 1. The van der Waals surface area contributed by atoms with Gasteiger partial charge in [-0.25, -0.2) is 0 Å². The van der Waals surface area contributed by atoms with E-state index in [9.17, 15) is 14.4 Å². The van der Waals surface area contributed by atoms with E-state index < -0.39 is 0 Å². The molecule has 0 bridgehead atoms. The van der Waals surface area contributed by atoms with Gasteiger partial charge in [0.15, 0.2) is 0 Å². The zero-order chi connectivity index (χ0) is 18.7. The first-order chi connectivity index (χ1) is 12.5. The Bertz CT molecular complexity index is 635. The van der Waals surface area contributed by atoms with Crippen LogP contribution >= 0.6 is 11.3 Å². The maximum absolute atomic E-state index is 12.4. The number of likely N-dealkylation sites (N-methyl/N-ethyl adjacent to an activating group) is 1. The minimum atomic E-state index is -0.142. The lowest BCUT2D eigenvalue weighted by atomic mass is 9.81. The van der Waals surface area contributed by atoms with Crippen LogP contribution in [0.5, 0.6) is 0 Å². The number of carbonyl (C=O) groups is 3. The predicted octanol–water partition coefficient (Wildman–Crippen LogP) is 2.03. The Kier molecular flexibility index (Phi) is 6.09. The molecule has 2 fully saturated rings. The Hall–Kier alpha value is -1.73. The molecule has 1 saturated carbocycles. The Balaban J connectivity index is 1.49. The van der Waals surface area contributed by atoms with Crippen LogP contribution in [0.25, 0.3) is 0 Å². The van der Waals surface area contributed by atoms with Gasteiger partial charge in [0.05, 0.1) is 17.9 Å². The fraction of sp³-hybridized carbons (Fsp3) is 0.632. The standard InChI is InChI=1S/C19H27N3O3S/c1-21(2)15(16-8-5-11-26-16)12-20-17(23)9-10-22-18(24)13-6-3-4-7-14(13)19(22)25/h5,8,11,13-15H,3-4,6-7,9-10,12H2,1-2H3,(H,20,23)/t13-,14-,15-/m0/s1. The van der Waals surface area contributed by atoms with Crippen LogP contribution in [-0.2, 0) is 14.4 Å². The van der Waals surface area contributed by atoms with Gasteiger partial charge in [-0.15, -0.1) is 11.3 Å². The highest BCUT2D eigenvalue weighted by atomic mass is 32.1. The van der Waals surface area contributed by atoms with Gasteiger partial charge in [0.1, 0.15) is 0 Å². The van der Waals surface area contributed by atoms with Gasteiger partial charge >= 0.3 is 0 Å². The highest BCUT2D eigenvalue weighted by molar-refractivity contribution is 7.10. The van der Waals surface area contributed by atoms with Crippen molar-refractivity contribution in [1.82, 2.24) is 15.1 Å². The van der Waals surface area contributed by atoms with Crippen LogP contribution in [0.4, 0.5) is 0 Å². The monoisotopic (exact) mass is 377 g/mol. The highest BCUT2D eigenvalue weighted by Gasteiger charge is 2.47. The van der Waals surface area contributed by atoms with Crippen molar-refractivity contribution in [3.8, 4) is 0 Å². The van der Waals surface area contributed by atoms with E-state index in [4.69, 9.17) is 0 Å². The molecular formula is C19H27N3O3S. The third-order valence-electron chi connectivity index (χ3n) is 5.48. The average Bonchev–Trinajstić information content (AvgIpc) is 3.22. The summed E-state index contributed by atoms with van der Waals surface area (Å²) in [7, 11) is 3.97. The summed E-state index contributed by atoms with van der Waals surface area (Å²) in [5, 5.41) is 4.97. The fourth-order valence-corrected chi connectivity index (χ4v) is 4.90. The molecule has 3 rings (SSSR count). The molecule has 142 valence electrons. The van der Waals surface area contributed by atoms with Crippen molar-refractivity contribution in [2.24, 2.45) is 11.8 Å². The maximum Gasteiger partial charge on any atom is 0.233 e. The second-order valence-electron chi connectivity index (χ2n) is 7.37. The molecule has 2 aliphatic rings. The topological polar surface area (TPSA) is 69.7 Å². The largest absolute Gasteiger partial charge is 0.354 e. The lowest BCUT2D eigenvalue weighted by Gasteiger charge is -2.23. The first kappa shape index (κ1) is 19.0. The van der Waals surface area contributed by atoms with E-state index in [1.807, 2.05) is 25.5 Å². The van der Waals surface area contributed by atoms with Crippen molar-refractivity contribution >= 4 is 29.1 Å². The molecule has 0 aromatic carbocycles. The number of imide groups is 1. The molecule has 1 aliphatic heterocycles. The smallest absolute Gasteiger partial charge is 0.233 e. The van der Waals surface area contributed by atoms with Gasteiger partial charge in [-0.3, -0.25) is 19.3 Å².